The fraction of sp³-hybridized carbons (Fsp3) is 0.400. The van der Waals surface area contributed by atoms with Crippen LogP contribution in [0.2, 0.25) is 5.02 Å². The van der Waals surface area contributed by atoms with Crippen LogP contribution in [0.25, 0.3) is 0 Å². The van der Waals surface area contributed by atoms with Gasteiger partial charge in [0.25, 0.3) is 0 Å². The van der Waals surface area contributed by atoms with E-state index in [0.29, 0.717) is 17.5 Å². The maximum Gasteiger partial charge on any atom is 0.130 e. The van der Waals surface area contributed by atoms with E-state index in [1.54, 1.807) is 0 Å². The highest BCUT2D eigenvalue weighted by molar-refractivity contribution is 6.30. The van der Waals surface area contributed by atoms with Crippen molar-refractivity contribution in [3.63, 3.8) is 0 Å². The van der Waals surface area contributed by atoms with Crippen molar-refractivity contribution in [2.75, 3.05) is 0 Å². The average Bonchev–Trinajstić information content (AvgIpc) is 2.88. The summed E-state index contributed by atoms with van der Waals surface area (Å²) >= 11 is 11.9. The van der Waals surface area contributed by atoms with Crippen molar-refractivity contribution in [3.8, 4) is 5.75 Å². The zero-order valence-corrected chi connectivity index (χ0v) is 13.2. The van der Waals surface area contributed by atoms with Crippen molar-refractivity contribution in [1.29, 1.82) is 0 Å². The molecule has 1 heterocycles. The molecular weight excluding hydrogens is 295 g/mol. The van der Waals surface area contributed by atoms with Crippen molar-refractivity contribution >= 4 is 23.2 Å². The summed E-state index contributed by atoms with van der Waals surface area (Å²) in [4.78, 5) is 0. The standard InChI is InChI=1S/C15H18Cl2N2O/c1-3-13-8-14(19(4-2)18-13)10-20-15-6-5-12(17)7-11(15)9-16/h5-8H,3-4,9-10H2,1-2H3. The Kier molecular flexibility index (Phi) is 5.32. The Morgan fingerprint density at radius 1 is 1.25 bits per heavy atom. The first-order chi connectivity index (χ1) is 9.67. The fourth-order valence-electron chi connectivity index (χ4n) is 2.02. The molecule has 0 amide bonds. The van der Waals surface area contributed by atoms with Crippen molar-refractivity contribution in [3.05, 3.63) is 46.2 Å². The molecule has 108 valence electrons. The lowest BCUT2D eigenvalue weighted by atomic mass is 10.2. The van der Waals surface area contributed by atoms with E-state index in [-0.39, 0.29) is 0 Å². The van der Waals surface area contributed by atoms with Crippen molar-refractivity contribution in [2.24, 2.45) is 0 Å². The summed E-state index contributed by atoms with van der Waals surface area (Å²) in [6.45, 7) is 5.48. The number of nitrogens with zero attached hydrogens (tertiary/aromatic N) is 2. The smallest absolute Gasteiger partial charge is 0.130 e. The topological polar surface area (TPSA) is 27.1 Å². The molecule has 0 spiro atoms. The van der Waals surface area contributed by atoms with E-state index >= 15 is 0 Å². The van der Waals surface area contributed by atoms with Crippen LogP contribution in [-0.2, 0) is 25.5 Å². The van der Waals surface area contributed by atoms with Crippen molar-refractivity contribution in [1.82, 2.24) is 9.78 Å². The Balaban J connectivity index is 2.14. The number of hydrogen-bond donors (Lipinski definition) is 0. The molecule has 0 bridgehead atoms. The summed E-state index contributed by atoms with van der Waals surface area (Å²) in [6.07, 6.45) is 0.924. The Morgan fingerprint density at radius 2 is 2.05 bits per heavy atom. The molecule has 2 rings (SSSR count). The van der Waals surface area contributed by atoms with Gasteiger partial charge in [-0.15, -0.1) is 11.6 Å². The minimum Gasteiger partial charge on any atom is -0.487 e. The predicted molar refractivity (Wildman–Crippen MR) is 82.6 cm³/mol. The van der Waals surface area contributed by atoms with Crippen LogP contribution >= 0.6 is 23.2 Å². The molecule has 0 N–H and O–H groups in total. The molecule has 2 aromatic rings. The lowest BCUT2D eigenvalue weighted by Gasteiger charge is -2.11. The molecule has 0 radical (unpaired) electrons. The Morgan fingerprint density at radius 3 is 2.70 bits per heavy atom. The van der Waals surface area contributed by atoms with Gasteiger partial charge in [0.1, 0.15) is 12.4 Å². The average molecular weight is 313 g/mol. The molecule has 20 heavy (non-hydrogen) atoms. The molecule has 0 aliphatic heterocycles. The number of alkyl halides is 1. The first-order valence-electron chi connectivity index (χ1n) is 6.70. The van der Waals surface area contributed by atoms with Gasteiger partial charge in [0.2, 0.25) is 0 Å². The summed E-state index contributed by atoms with van der Waals surface area (Å²) in [5.74, 6) is 1.15. The molecule has 0 fully saturated rings. The van der Waals surface area contributed by atoms with E-state index in [4.69, 9.17) is 27.9 Å². The van der Waals surface area contributed by atoms with Gasteiger partial charge in [-0.2, -0.15) is 5.10 Å². The number of halogens is 2. The minimum atomic E-state index is 0.378. The monoisotopic (exact) mass is 312 g/mol. The Labute approximate surface area is 129 Å². The predicted octanol–water partition coefficient (Wildman–Crippen LogP) is 4.44. The highest BCUT2D eigenvalue weighted by atomic mass is 35.5. The van der Waals surface area contributed by atoms with E-state index < -0.39 is 0 Å². The summed E-state index contributed by atoms with van der Waals surface area (Å²) in [5, 5.41) is 5.17. The molecule has 0 aliphatic rings. The van der Waals surface area contributed by atoms with Gasteiger partial charge in [-0.3, -0.25) is 4.68 Å². The van der Waals surface area contributed by atoms with Gasteiger partial charge < -0.3 is 4.74 Å². The third kappa shape index (κ3) is 3.47. The highest BCUT2D eigenvalue weighted by Gasteiger charge is 2.09. The number of aromatic nitrogens is 2. The van der Waals surface area contributed by atoms with Crippen LogP contribution < -0.4 is 4.74 Å². The van der Waals surface area contributed by atoms with Gasteiger partial charge in [0, 0.05) is 17.1 Å². The molecule has 0 saturated heterocycles. The molecule has 0 unspecified atom stereocenters. The number of aryl methyl sites for hydroxylation is 2. The molecule has 3 nitrogen and oxygen atoms in total. The van der Waals surface area contributed by atoms with Crippen LogP contribution in [0.1, 0.15) is 30.8 Å². The second kappa shape index (κ2) is 7.00. The highest BCUT2D eigenvalue weighted by Crippen LogP contribution is 2.25. The number of hydrogen-bond acceptors (Lipinski definition) is 2. The number of benzene rings is 1. The summed E-state index contributed by atoms with van der Waals surface area (Å²) in [5.41, 5.74) is 3.05. The molecule has 0 aliphatic carbocycles. The van der Waals surface area contributed by atoms with Gasteiger partial charge in [-0.05, 0) is 37.6 Å². The van der Waals surface area contributed by atoms with E-state index in [1.807, 2.05) is 22.9 Å². The lowest BCUT2D eigenvalue weighted by Crippen LogP contribution is -2.06. The second-order valence-electron chi connectivity index (χ2n) is 4.47. The summed E-state index contributed by atoms with van der Waals surface area (Å²) in [7, 11) is 0. The summed E-state index contributed by atoms with van der Waals surface area (Å²) in [6, 6.07) is 7.58. The largest absolute Gasteiger partial charge is 0.487 e. The minimum absolute atomic E-state index is 0.378. The molecule has 5 heteroatoms. The Hall–Kier alpha value is -1.19. The van der Waals surface area contributed by atoms with Gasteiger partial charge >= 0.3 is 0 Å². The van der Waals surface area contributed by atoms with E-state index in [0.717, 1.165) is 35.7 Å². The molecule has 0 saturated carbocycles. The van der Waals surface area contributed by atoms with Gasteiger partial charge in [0.05, 0.1) is 17.3 Å². The molecule has 1 aromatic carbocycles. The second-order valence-corrected chi connectivity index (χ2v) is 5.17. The van der Waals surface area contributed by atoms with Crippen LogP contribution in [0.5, 0.6) is 5.75 Å². The third-order valence-electron chi connectivity index (χ3n) is 3.12. The van der Waals surface area contributed by atoms with Crippen LogP contribution in [0.15, 0.2) is 24.3 Å². The molecule has 1 aromatic heterocycles. The normalized spacial score (nSPS) is 10.8. The number of ether oxygens (including phenoxy) is 1. The third-order valence-corrected chi connectivity index (χ3v) is 3.64. The first kappa shape index (κ1) is 15.2. The van der Waals surface area contributed by atoms with Crippen molar-refractivity contribution in [2.45, 2.75) is 39.3 Å². The van der Waals surface area contributed by atoms with E-state index in [9.17, 15) is 0 Å². The zero-order valence-electron chi connectivity index (χ0n) is 11.7. The zero-order chi connectivity index (χ0) is 14.5. The van der Waals surface area contributed by atoms with Gasteiger partial charge in [-0.1, -0.05) is 18.5 Å². The van der Waals surface area contributed by atoms with E-state index in [1.165, 1.54) is 0 Å². The maximum atomic E-state index is 5.95. The van der Waals surface area contributed by atoms with Gasteiger partial charge in [-0.25, -0.2) is 0 Å². The van der Waals surface area contributed by atoms with Crippen LogP contribution in [0, 0.1) is 0 Å². The van der Waals surface area contributed by atoms with Crippen LogP contribution in [0.3, 0.4) is 0 Å². The molecule has 0 atom stereocenters. The van der Waals surface area contributed by atoms with Crippen molar-refractivity contribution < 1.29 is 4.74 Å². The fourth-order valence-corrected chi connectivity index (χ4v) is 2.43. The lowest BCUT2D eigenvalue weighted by molar-refractivity contribution is 0.290. The Bertz CT molecular complexity index is 581. The van der Waals surface area contributed by atoms with Crippen LogP contribution in [0.4, 0.5) is 0 Å². The summed E-state index contributed by atoms with van der Waals surface area (Å²) < 4.78 is 7.83. The number of rotatable bonds is 6. The SMILES string of the molecule is CCc1cc(COc2ccc(Cl)cc2CCl)n(CC)n1. The maximum absolute atomic E-state index is 5.95. The van der Waals surface area contributed by atoms with Crippen LogP contribution in [-0.4, -0.2) is 9.78 Å². The molecular formula is C15H18Cl2N2O. The quantitative estimate of drug-likeness (QED) is 0.737. The van der Waals surface area contributed by atoms with Gasteiger partial charge in [0.15, 0.2) is 0 Å². The first-order valence-corrected chi connectivity index (χ1v) is 7.62. The van der Waals surface area contributed by atoms with E-state index in [2.05, 4.69) is 25.0 Å².